The number of hydrogen-bond donors (Lipinski definition) is 2. The van der Waals surface area contributed by atoms with Gasteiger partial charge in [-0.25, -0.2) is 0 Å². The van der Waals surface area contributed by atoms with Crippen molar-refractivity contribution in [2.45, 2.75) is 45.0 Å². The number of carbonyl (C=O) groups excluding carboxylic acids is 1. The van der Waals surface area contributed by atoms with E-state index in [4.69, 9.17) is 18.9 Å². The van der Waals surface area contributed by atoms with Gasteiger partial charge in [0, 0.05) is 32.0 Å². The number of methoxy groups -OCH3 is 1. The summed E-state index contributed by atoms with van der Waals surface area (Å²) in [5.41, 5.74) is 1.73. The second kappa shape index (κ2) is 13.3. The van der Waals surface area contributed by atoms with Crippen molar-refractivity contribution in [3.8, 4) is 5.75 Å². The van der Waals surface area contributed by atoms with E-state index in [1.54, 1.807) is 31.5 Å². The van der Waals surface area contributed by atoms with Crippen LogP contribution in [0.25, 0.3) is 0 Å². The fourth-order valence-electron chi connectivity index (χ4n) is 3.29. The van der Waals surface area contributed by atoms with Crippen molar-refractivity contribution in [2.75, 3.05) is 33.9 Å². The van der Waals surface area contributed by atoms with Crippen LogP contribution in [0.5, 0.6) is 5.75 Å². The number of ether oxygens (including phenoxy) is 4. The number of benzene rings is 1. The van der Waals surface area contributed by atoms with E-state index in [0.29, 0.717) is 24.8 Å². The highest BCUT2D eigenvalue weighted by Gasteiger charge is 2.26. The Bertz CT molecular complexity index is 749. The predicted octanol–water partition coefficient (Wildman–Crippen LogP) is 3.65. The lowest BCUT2D eigenvalue weighted by atomic mass is 10.1. The van der Waals surface area contributed by atoms with Crippen LogP contribution in [0, 0.1) is 0 Å². The molecule has 1 aliphatic heterocycles. The Labute approximate surface area is 190 Å². The Balaban J connectivity index is 2.26. The Morgan fingerprint density at radius 1 is 1.35 bits per heavy atom. The van der Waals surface area contributed by atoms with E-state index in [9.17, 15) is 4.79 Å². The lowest BCUT2D eigenvalue weighted by Gasteiger charge is -2.32. The quantitative estimate of drug-likeness (QED) is 0.288. The zero-order valence-corrected chi connectivity index (χ0v) is 19.6. The monoisotopic (exact) mass is 450 g/mol. The molecule has 0 bridgehead atoms. The Hall–Kier alpha value is -2.16. The number of amides is 1. The van der Waals surface area contributed by atoms with Gasteiger partial charge in [-0.15, -0.1) is 12.6 Å². The highest BCUT2D eigenvalue weighted by Crippen LogP contribution is 2.32. The second-order valence-corrected chi connectivity index (χ2v) is 7.74. The third-order valence-electron chi connectivity index (χ3n) is 5.25. The number of hydrogen-bond acceptors (Lipinski definition) is 7. The minimum absolute atomic E-state index is 0.0551. The molecule has 7 nitrogen and oxygen atoms in total. The van der Waals surface area contributed by atoms with Gasteiger partial charge in [0.15, 0.2) is 0 Å². The van der Waals surface area contributed by atoms with Crippen LogP contribution in [0.3, 0.4) is 0 Å². The molecule has 1 fully saturated rings. The SMILES string of the molecule is CN/C=C\O[C@@H](C)/C(C)=C(\S)N(C=O)C[C@H](OC1CCOCC1)c1ccccc1OC. The van der Waals surface area contributed by atoms with E-state index in [1.807, 2.05) is 38.1 Å². The summed E-state index contributed by atoms with van der Waals surface area (Å²) in [5, 5.41) is 3.41. The van der Waals surface area contributed by atoms with Gasteiger partial charge >= 0.3 is 0 Å². The van der Waals surface area contributed by atoms with Gasteiger partial charge in [-0.1, -0.05) is 18.2 Å². The smallest absolute Gasteiger partial charge is 0.214 e. The summed E-state index contributed by atoms with van der Waals surface area (Å²) in [4.78, 5) is 13.6. The van der Waals surface area contributed by atoms with Crippen LogP contribution >= 0.6 is 12.6 Å². The van der Waals surface area contributed by atoms with Crippen LogP contribution < -0.4 is 10.1 Å². The van der Waals surface area contributed by atoms with Gasteiger partial charge in [-0.05, 0) is 38.3 Å². The van der Waals surface area contributed by atoms with Gasteiger partial charge in [0.05, 0.1) is 31.0 Å². The second-order valence-electron chi connectivity index (χ2n) is 7.31. The topological polar surface area (TPSA) is 69.3 Å². The van der Waals surface area contributed by atoms with Crippen molar-refractivity contribution in [1.29, 1.82) is 0 Å². The van der Waals surface area contributed by atoms with E-state index < -0.39 is 0 Å². The van der Waals surface area contributed by atoms with Crippen molar-refractivity contribution in [1.82, 2.24) is 10.2 Å². The summed E-state index contributed by atoms with van der Waals surface area (Å²) in [7, 11) is 3.43. The molecule has 2 rings (SSSR count). The molecule has 1 aliphatic rings. The summed E-state index contributed by atoms with van der Waals surface area (Å²) in [6.07, 6.45) is 5.11. The van der Waals surface area contributed by atoms with Crippen LogP contribution in [0.15, 0.2) is 47.3 Å². The van der Waals surface area contributed by atoms with Crippen molar-refractivity contribution in [2.24, 2.45) is 0 Å². The van der Waals surface area contributed by atoms with Crippen LogP contribution in [0.1, 0.15) is 38.4 Å². The number of carbonyl (C=O) groups is 1. The van der Waals surface area contributed by atoms with Gasteiger partial charge in [0.1, 0.15) is 18.0 Å². The standard InChI is InChI=1S/C23H34N2O5S/c1-17(18(2)29-14-11-24-3)23(31)25(16-26)15-22(30-19-9-12-28-13-10-19)20-7-5-6-8-21(20)27-4/h5-8,11,14,16,18-19,22,24,31H,9-10,12-13,15H2,1-4H3/b14-11-,23-17-/t18-,22-/m0/s1. The highest BCUT2D eigenvalue weighted by atomic mass is 32.1. The maximum atomic E-state index is 12.0. The van der Waals surface area contributed by atoms with E-state index in [1.165, 1.54) is 0 Å². The van der Waals surface area contributed by atoms with Gasteiger partial charge in [0.25, 0.3) is 0 Å². The van der Waals surface area contributed by atoms with Crippen LogP contribution in [-0.2, 0) is 19.0 Å². The predicted molar refractivity (Wildman–Crippen MR) is 124 cm³/mol. The Morgan fingerprint density at radius 2 is 2.06 bits per heavy atom. The summed E-state index contributed by atoms with van der Waals surface area (Å²) in [6.45, 7) is 5.45. The zero-order valence-electron chi connectivity index (χ0n) is 18.7. The first-order valence-corrected chi connectivity index (χ1v) is 10.9. The molecule has 31 heavy (non-hydrogen) atoms. The number of para-hydroxylation sites is 1. The molecule has 2 atom stereocenters. The maximum absolute atomic E-state index is 12.0. The molecule has 1 aromatic rings. The fraction of sp³-hybridized carbons (Fsp3) is 0.522. The molecular formula is C23H34N2O5S. The van der Waals surface area contributed by atoms with E-state index in [0.717, 1.165) is 36.1 Å². The number of thiol groups is 1. The molecule has 0 saturated carbocycles. The molecule has 0 aromatic heterocycles. The molecule has 0 radical (unpaired) electrons. The van der Waals surface area contributed by atoms with E-state index in [-0.39, 0.29) is 18.3 Å². The first kappa shape index (κ1) is 25.1. The number of nitrogens with zero attached hydrogens (tertiary/aromatic N) is 1. The lowest BCUT2D eigenvalue weighted by Crippen LogP contribution is -2.32. The average Bonchev–Trinajstić information content (AvgIpc) is 2.81. The molecule has 1 amide bonds. The first-order chi connectivity index (χ1) is 15.0. The summed E-state index contributed by atoms with van der Waals surface area (Å²) in [6, 6.07) is 7.72. The molecule has 0 unspecified atom stereocenters. The largest absolute Gasteiger partial charge is 0.496 e. The minimum Gasteiger partial charge on any atom is -0.496 e. The molecule has 172 valence electrons. The third-order valence-corrected chi connectivity index (χ3v) is 5.86. The van der Waals surface area contributed by atoms with Crippen molar-refractivity contribution < 1.29 is 23.7 Å². The van der Waals surface area contributed by atoms with Crippen molar-refractivity contribution in [3.05, 3.63) is 52.9 Å². The first-order valence-electron chi connectivity index (χ1n) is 10.5. The minimum atomic E-state index is -0.375. The number of nitrogens with one attached hydrogen (secondary N) is 1. The number of rotatable bonds is 12. The van der Waals surface area contributed by atoms with Gasteiger partial charge < -0.3 is 29.2 Å². The van der Waals surface area contributed by atoms with E-state index >= 15 is 0 Å². The molecule has 1 heterocycles. The molecule has 0 aliphatic carbocycles. The molecule has 1 N–H and O–H groups in total. The lowest BCUT2D eigenvalue weighted by molar-refractivity contribution is -0.120. The van der Waals surface area contributed by atoms with Crippen molar-refractivity contribution in [3.63, 3.8) is 0 Å². The molecule has 8 heteroatoms. The average molecular weight is 451 g/mol. The summed E-state index contributed by atoms with van der Waals surface area (Å²) in [5.74, 6) is 0.723. The third kappa shape index (κ3) is 7.48. The Morgan fingerprint density at radius 3 is 2.71 bits per heavy atom. The normalized spacial score (nSPS) is 17.6. The molecule has 1 saturated heterocycles. The van der Waals surface area contributed by atoms with Crippen LogP contribution in [0.4, 0.5) is 0 Å². The van der Waals surface area contributed by atoms with Gasteiger partial charge in [-0.3, -0.25) is 4.79 Å². The van der Waals surface area contributed by atoms with Crippen molar-refractivity contribution >= 4 is 19.0 Å². The van der Waals surface area contributed by atoms with Gasteiger partial charge in [0.2, 0.25) is 6.41 Å². The Kier molecular flexibility index (Phi) is 10.8. The summed E-state index contributed by atoms with van der Waals surface area (Å²) < 4.78 is 23.1. The zero-order chi connectivity index (χ0) is 22.6. The highest BCUT2D eigenvalue weighted by molar-refractivity contribution is 7.84. The summed E-state index contributed by atoms with van der Waals surface area (Å²) >= 11 is 4.63. The molecule has 1 aromatic carbocycles. The molecular weight excluding hydrogens is 416 g/mol. The van der Waals surface area contributed by atoms with Crippen LogP contribution in [0.2, 0.25) is 0 Å². The fourth-order valence-corrected chi connectivity index (χ4v) is 3.60. The van der Waals surface area contributed by atoms with Gasteiger partial charge in [-0.2, -0.15) is 0 Å². The molecule has 0 spiro atoms. The van der Waals surface area contributed by atoms with Crippen LogP contribution in [-0.4, -0.2) is 57.4 Å². The van der Waals surface area contributed by atoms with E-state index in [2.05, 4.69) is 17.9 Å². The maximum Gasteiger partial charge on any atom is 0.214 e.